The van der Waals surface area contributed by atoms with Gasteiger partial charge in [0.2, 0.25) is 4.77 Å². The van der Waals surface area contributed by atoms with E-state index in [1.54, 1.807) is 0 Å². The number of nitrogens with zero attached hydrogens (tertiary/aromatic N) is 4. The molecule has 0 atom stereocenters. The van der Waals surface area contributed by atoms with Crippen LogP contribution in [-0.2, 0) is 6.67 Å². The topological polar surface area (TPSA) is 59.8 Å². The van der Waals surface area contributed by atoms with Crippen LogP contribution in [0.15, 0.2) is 6.07 Å². The summed E-state index contributed by atoms with van der Waals surface area (Å²) in [6.07, 6.45) is 1.57. The largest absolute Gasteiger partial charge is 0.393 e. The van der Waals surface area contributed by atoms with E-state index in [-0.39, 0.29) is 6.10 Å². The van der Waals surface area contributed by atoms with Gasteiger partial charge in [-0.2, -0.15) is 4.68 Å². The summed E-state index contributed by atoms with van der Waals surface area (Å²) in [5, 5.41) is 14.1. The number of piperidine rings is 1. The predicted octanol–water partition coefficient (Wildman–Crippen LogP) is -0.126. The summed E-state index contributed by atoms with van der Waals surface area (Å²) in [4.78, 5) is 5.84. The maximum Gasteiger partial charge on any atom is 0.254 e. The van der Waals surface area contributed by atoms with Gasteiger partial charge in [-0.3, -0.25) is 4.40 Å². The van der Waals surface area contributed by atoms with Gasteiger partial charge in [-0.25, -0.2) is 4.98 Å². The fraction of sp³-hybridized carbons (Fsp3) is 0.615. The Labute approximate surface area is 122 Å². The van der Waals surface area contributed by atoms with Gasteiger partial charge in [0, 0.05) is 24.2 Å². The van der Waals surface area contributed by atoms with Crippen molar-refractivity contribution in [3.8, 4) is 0 Å². The van der Waals surface area contributed by atoms with Crippen molar-refractivity contribution in [3.63, 3.8) is 0 Å². The summed E-state index contributed by atoms with van der Waals surface area (Å²) in [5.41, 5.74) is 2.02. The molecule has 3 rings (SSSR count). The summed E-state index contributed by atoms with van der Waals surface area (Å²) < 4.78 is 4.47. The van der Waals surface area contributed by atoms with Crippen molar-refractivity contribution in [1.82, 2.24) is 19.2 Å². The van der Waals surface area contributed by atoms with E-state index in [4.69, 9.17) is 12.2 Å². The molecule has 0 aliphatic carbocycles. The van der Waals surface area contributed by atoms with E-state index >= 15 is 0 Å². The molecule has 1 aliphatic rings. The fourth-order valence-electron chi connectivity index (χ4n) is 2.82. The quantitative estimate of drug-likeness (QED) is 0.758. The van der Waals surface area contributed by atoms with Crippen molar-refractivity contribution in [3.05, 3.63) is 22.2 Å². The fourth-order valence-corrected chi connectivity index (χ4v) is 3.15. The van der Waals surface area contributed by atoms with Crippen LogP contribution in [0.2, 0.25) is 0 Å². The predicted molar refractivity (Wildman–Crippen MR) is 77.2 cm³/mol. The van der Waals surface area contributed by atoms with Gasteiger partial charge in [-0.05, 0) is 32.1 Å². The summed E-state index contributed by atoms with van der Waals surface area (Å²) in [6.45, 7) is 6.65. The third-order valence-corrected chi connectivity index (χ3v) is 4.30. The van der Waals surface area contributed by atoms with E-state index in [9.17, 15) is 5.11 Å². The summed E-state index contributed by atoms with van der Waals surface area (Å²) >= 11 is 5.51. The van der Waals surface area contributed by atoms with Gasteiger partial charge in [0.15, 0.2) is 6.67 Å². The lowest BCUT2D eigenvalue weighted by atomic mass is 10.1. The van der Waals surface area contributed by atoms with Gasteiger partial charge in [0.25, 0.3) is 5.78 Å². The van der Waals surface area contributed by atoms with Crippen LogP contribution < -0.4 is 4.90 Å². The minimum absolute atomic E-state index is 0.139. The number of aliphatic hydroxyl groups is 1. The highest BCUT2D eigenvalue weighted by Crippen LogP contribution is 2.07. The maximum absolute atomic E-state index is 9.56. The lowest BCUT2D eigenvalue weighted by Gasteiger charge is -2.26. The third kappa shape index (κ3) is 2.48. The van der Waals surface area contributed by atoms with Crippen LogP contribution in [0.3, 0.4) is 0 Å². The van der Waals surface area contributed by atoms with Gasteiger partial charge in [-0.1, -0.05) is 0 Å². The molecule has 2 aromatic rings. The van der Waals surface area contributed by atoms with Crippen molar-refractivity contribution >= 4 is 18.0 Å². The number of fused-ring (bicyclic) bond motifs is 1. The maximum atomic E-state index is 9.56. The van der Waals surface area contributed by atoms with Crippen LogP contribution in [0.5, 0.6) is 0 Å². The van der Waals surface area contributed by atoms with Crippen molar-refractivity contribution < 1.29 is 10.0 Å². The Kier molecular flexibility index (Phi) is 3.57. The highest BCUT2D eigenvalue weighted by atomic mass is 32.1. The number of likely N-dealkylation sites (tertiary alicyclic amines) is 1. The van der Waals surface area contributed by atoms with Crippen LogP contribution in [0.25, 0.3) is 5.78 Å². The lowest BCUT2D eigenvalue weighted by Crippen LogP contribution is -3.12. The molecule has 0 unspecified atom stereocenters. The van der Waals surface area contributed by atoms with Crippen molar-refractivity contribution in [2.45, 2.75) is 39.5 Å². The number of quaternary nitrogens is 1. The average Bonchev–Trinajstić information content (AvgIpc) is 2.69. The molecule has 2 N–H and O–H groups in total. The van der Waals surface area contributed by atoms with Crippen LogP contribution in [0, 0.1) is 18.6 Å². The zero-order valence-corrected chi connectivity index (χ0v) is 12.7. The molecule has 108 valence electrons. The molecule has 1 aliphatic heterocycles. The van der Waals surface area contributed by atoms with Crippen molar-refractivity contribution in [2.24, 2.45) is 0 Å². The van der Waals surface area contributed by atoms with E-state index < -0.39 is 0 Å². The molecule has 0 saturated carbocycles. The molecular formula is C13H20N5OS+. The average molecular weight is 294 g/mol. The standard InChI is InChI=1S/C13H19N5OS/c1-9-7-10(2)18-12(14-9)15-17(13(18)20)8-16-5-3-11(19)4-6-16/h7,11,19H,3-6,8H2,1-2H3/p+1. The normalized spacial score (nSPS) is 23.4. The molecule has 0 amide bonds. The number of aliphatic hydroxyl groups excluding tert-OH is 1. The number of rotatable bonds is 2. The Balaban J connectivity index is 1.91. The molecule has 6 nitrogen and oxygen atoms in total. The molecular weight excluding hydrogens is 274 g/mol. The van der Waals surface area contributed by atoms with E-state index in [1.807, 2.05) is 29.0 Å². The van der Waals surface area contributed by atoms with Crippen LogP contribution in [-0.4, -0.2) is 43.5 Å². The van der Waals surface area contributed by atoms with E-state index in [1.165, 1.54) is 4.90 Å². The Hall–Kier alpha value is -1.31. The Bertz CT molecular complexity index is 684. The Morgan fingerprint density at radius 1 is 1.40 bits per heavy atom. The number of aromatic nitrogens is 4. The number of hydrogen-bond donors (Lipinski definition) is 2. The second-order valence-electron chi connectivity index (χ2n) is 5.60. The zero-order chi connectivity index (χ0) is 14.3. The van der Waals surface area contributed by atoms with Gasteiger partial charge in [0.05, 0.1) is 19.2 Å². The molecule has 0 radical (unpaired) electrons. The van der Waals surface area contributed by atoms with Gasteiger partial charge in [0.1, 0.15) is 0 Å². The van der Waals surface area contributed by atoms with Gasteiger partial charge < -0.3 is 10.0 Å². The number of hydrogen-bond acceptors (Lipinski definition) is 4. The second kappa shape index (κ2) is 5.23. The smallest absolute Gasteiger partial charge is 0.254 e. The van der Waals surface area contributed by atoms with Crippen LogP contribution in [0.1, 0.15) is 24.2 Å². The van der Waals surface area contributed by atoms with Gasteiger partial charge in [-0.15, -0.1) is 5.10 Å². The first-order valence-corrected chi connectivity index (χ1v) is 7.41. The molecule has 3 heterocycles. The minimum Gasteiger partial charge on any atom is -0.393 e. The molecule has 20 heavy (non-hydrogen) atoms. The summed E-state index contributed by atoms with van der Waals surface area (Å²) in [6, 6.07) is 2.01. The summed E-state index contributed by atoms with van der Waals surface area (Å²) in [5.74, 6) is 0.670. The van der Waals surface area contributed by atoms with Crippen molar-refractivity contribution in [1.29, 1.82) is 0 Å². The van der Waals surface area contributed by atoms with E-state index in [0.717, 1.165) is 44.0 Å². The minimum atomic E-state index is -0.139. The van der Waals surface area contributed by atoms with Gasteiger partial charge >= 0.3 is 0 Å². The molecule has 1 saturated heterocycles. The summed E-state index contributed by atoms with van der Waals surface area (Å²) in [7, 11) is 0. The molecule has 0 aromatic carbocycles. The Morgan fingerprint density at radius 3 is 2.80 bits per heavy atom. The van der Waals surface area contributed by atoms with E-state index in [2.05, 4.69) is 10.1 Å². The third-order valence-electron chi connectivity index (χ3n) is 3.90. The van der Waals surface area contributed by atoms with E-state index in [0.29, 0.717) is 10.5 Å². The molecule has 0 bridgehead atoms. The highest BCUT2D eigenvalue weighted by Gasteiger charge is 2.21. The first-order chi connectivity index (χ1) is 9.54. The lowest BCUT2D eigenvalue weighted by molar-refractivity contribution is -0.929. The molecule has 7 heteroatoms. The number of nitrogens with one attached hydrogen (secondary N) is 1. The number of aryl methyl sites for hydroxylation is 2. The van der Waals surface area contributed by atoms with Crippen LogP contribution >= 0.6 is 12.2 Å². The SMILES string of the molecule is Cc1cc(C)n2c(=S)n(C[NH+]3CCC(O)CC3)nc2n1. The second-order valence-corrected chi connectivity index (χ2v) is 5.96. The Morgan fingerprint density at radius 2 is 2.10 bits per heavy atom. The molecule has 1 fully saturated rings. The van der Waals surface area contributed by atoms with Crippen LogP contribution in [0.4, 0.5) is 0 Å². The zero-order valence-electron chi connectivity index (χ0n) is 11.8. The highest BCUT2D eigenvalue weighted by molar-refractivity contribution is 7.71. The first-order valence-electron chi connectivity index (χ1n) is 7.00. The molecule has 2 aromatic heterocycles. The first kappa shape index (κ1) is 13.7. The molecule has 0 spiro atoms. The monoisotopic (exact) mass is 294 g/mol. The van der Waals surface area contributed by atoms with Crippen molar-refractivity contribution in [2.75, 3.05) is 13.1 Å².